The zero-order valence-electron chi connectivity index (χ0n) is 15.0. The molecule has 0 saturated carbocycles. The Morgan fingerprint density at radius 2 is 2.00 bits per heavy atom. The summed E-state index contributed by atoms with van der Waals surface area (Å²) in [5.74, 6) is -0.159. The summed E-state index contributed by atoms with van der Waals surface area (Å²) < 4.78 is 23.3. The van der Waals surface area contributed by atoms with Gasteiger partial charge < -0.3 is 18.9 Å². The van der Waals surface area contributed by atoms with Gasteiger partial charge in [0.2, 0.25) is 0 Å². The van der Waals surface area contributed by atoms with Crippen molar-refractivity contribution >= 4 is 0 Å². The van der Waals surface area contributed by atoms with E-state index in [1.54, 1.807) is 7.11 Å². The molecule has 1 aliphatic rings. The normalized spacial score (nSPS) is 24.3. The highest BCUT2D eigenvalue weighted by Crippen LogP contribution is 2.34. The third-order valence-electron chi connectivity index (χ3n) is 4.42. The first-order valence-electron chi connectivity index (χ1n) is 8.33. The van der Waals surface area contributed by atoms with Gasteiger partial charge in [0.1, 0.15) is 6.10 Å². The van der Waals surface area contributed by atoms with Crippen molar-refractivity contribution in [3.8, 4) is 0 Å². The Hall–Kier alpha value is -0.940. The fraction of sp³-hybridized carbons (Fsp3) is 0.684. The SMILES string of the molecule is CO[C@@](C)(C[C@@H](C)COCc1ccccc1)[C@H]1COC(C)(C)O1. The van der Waals surface area contributed by atoms with Crippen LogP contribution in [0.25, 0.3) is 0 Å². The van der Waals surface area contributed by atoms with Gasteiger partial charge in [-0.3, -0.25) is 0 Å². The Bertz CT molecular complexity index is 474. The van der Waals surface area contributed by atoms with Gasteiger partial charge in [-0.15, -0.1) is 0 Å². The minimum absolute atomic E-state index is 0.0564. The highest BCUT2D eigenvalue weighted by molar-refractivity contribution is 5.13. The third-order valence-corrected chi connectivity index (χ3v) is 4.42. The van der Waals surface area contributed by atoms with Gasteiger partial charge in [-0.25, -0.2) is 0 Å². The van der Waals surface area contributed by atoms with E-state index in [2.05, 4.69) is 26.0 Å². The predicted octanol–water partition coefficient (Wildman–Crippen LogP) is 3.79. The average Bonchev–Trinajstić information content (AvgIpc) is 2.89. The highest BCUT2D eigenvalue weighted by atomic mass is 16.7. The highest BCUT2D eigenvalue weighted by Gasteiger charge is 2.45. The van der Waals surface area contributed by atoms with Gasteiger partial charge in [0.15, 0.2) is 5.79 Å². The first-order chi connectivity index (χ1) is 10.8. The molecule has 2 rings (SSSR count). The summed E-state index contributed by atoms with van der Waals surface area (Å²) in [5, 5.41) is 0. The molecule has 1 fully saturated rings. The summed E-state index contributed by atoms with van der Waals surface area (Å²) >= 11 is 0. The van der Waals surface area contributed by atoms with E-state index in [4.69, 9.17) is 18.9 Å². The fourth-order valence-electron chi connectivity index (χ4n) is 3.04. The lowest BCUT2D eigenvalue weighted by molar-refractivity contribution is -0.177. The summed E-state index contributed by atoms with van der Waals surface area (Å²) in [6, 6.07) is 10.2. The second-order valence-electron chi connectivity index (χ2n) is 7.14. The van der Waals surface area contributed by atoms with E-state index in [0.29, 0.717) is 25.7 Å². The molecule has 4 heteroatoms. The summed E-state index contributed by atoms with van der Waals surface area (Å²) in [6.45, 7) is 10.1. The molecule has 0 aliphatic carbocycles. The Balaban J connectivity index is 1.81. The van der Waals surface area contributed by atoms with Gasteiger partial charge in [-0.2, -0.15) is 0 Å². The zero-order chi connectivity index (χ0) is 16.9. The van der Waals surface area contributed by atoms with Crippen LogP contribution in [-0.2, 0) is 25.6 Å². The van der Waals surface area contributed by atoms with Crippen molar-refractivity contribution in [2.75, 3.05) is 20.3 Å². The van der Waals surface area contributed by atoms with Crippen LogP contribution in [0, 0.1) is 5.92 Å². The first-order valence-corrected chi connectivity index (χ1v) is 8.33. The molecule has 1 aromatic carbocycles. The van der Waals surface area contributed by atoms with Crippen molar-refractivity contribution < 1.29 is 18.9 Å². The molecule has 130 valence electrons. The van der Waals surface area contributed by atoms with Gasteiger partial charge in [-0.05, 0) is 38.7 Å². The van der Waals surface area contributed by atoms with Crippen molar-refractivity contribution in [1.29, 1.82) is 0 Å². The van der Waals surface area contributed by atoms with E-state index in [0.717, 1.165) is 6.42 Å². The van der Waals surface area contributed by atoms with Crippen LogP contribution >= 0.6 is 0 Å². The third kappa shape index (κ3) is 5.28. The molecule has 0 unspecified atom stereocenters. The minimum Gasteiger partial charge on any atom is -0.376 e. The Kier molecular flexibility index (Phi) is 6.20. The molecular weight excluding hydrogens is 292 g/mol. The van der Waals surface area contributed by atoms with Crippen molar-refractivity contribution in [3.05, 3.63) is 35.9 Å². The van der Waals surface area contributed by atoms with E-state index >= 15 is 0 Å². The van der Waals surface area contributed by atoms with Crippen LogP contribution in [0.3, 0.4) is 0 Å². The zero-order valence-corrected chi connectivity index (χ0v) is 15.0. The quantitative estimate of drug-likeness (QED) is 0.730. The fourth-order valence-corrected chi connectivity index (χ4v) is 3.04. The second kappa shape index (κ2) is 7.75. The summed E-state index contributed by atoms with van der Waals surface area (Å²) in [4.78, 5) is 0. The van der Waals surface area contributed by atoms with Crippen LogP contribution in [0.5, 0.6) is 0 Å². The number of methoxy groups -OCH3 is 1. The summed E-state index contributed by atoms with van der Waals surface area (Å²) in [5.41, 5.74) is 0.826. The maximum absolute atomic E-state index is 5.99. The maximum atomic E-state index is 5.99. The molecule has 0 radical (unpaired) electrons. The molecule has 4 nitrogen and oxygen atoms in total. The van der Waals surface area contributed by atoms with Crippen LogP contribution in [0.2, 0.25) is 0 Å². The molecule has 0 spiro atoms. The lowest BCUT2D eigenvalue weighted by Gasteiger charge is -2.35. The van der Waals surface area contributed by atoms with Crippen LogP contribution in [0.4, 0.5) is 0 Å². The van der Waals surface area contributed by atoms with Crippen LogP contribution < -0.4 is 0 Å². The van der Waals surface area contributed by atoms with Gasteiger partial charge in [0, 0.05) is 13.7 Å². The Labute approximate surface area is 140 Å². The molecular formula is C19H30O4. The number of hydrogen-bond acceptors (Lipinski definition) is 4. The molecule has 0 N–H and O–H groups in total. The van der Waals surface area contributed by atoms with Gasteiger partial charge in [0.05, 0.1) is 18.8 Å². The topological polar surface area (TPSA) is 36.9 Å². The number of hydrogen-bond donors (Lipinski definition) is 0. The smallest absolute Gasteiger partial charge is 0.163 e. The standard InChI is InChI=1S/C19H30O4/c1-15(12-21-13-16-9-7-6-8-10-16)11-19(4,20-5)17-14-22-18(2,3)23-17/h6-10,15,17H,11-14H2,1-5H3/t15-,17-,19+/m1/s1. The van der Waals surface area contributed by atoms with E-state index in [1.165, 1.54) is 5.56 Å². The Morgan fingerprint density at radius 3 is 2.57 bits per heavy atom. The largest absolute Gasteiger partial charge is 0.376 e. The van der Waals surface area contributed by atoms with Gasteiger partial charge in [0.25, 0.3) is 0 Å². The van der Waals surface area contributed by atoms with E-state index in [1.807, 2.05) is 32.0 Å². The molecule has 0 amide bonds. The molecule has 23 heavy (non-hydrogen) atoms. The maximum Gasteiger partial charge on any atom is 0.163 e. The van der Waals surface area contributed by atoms with Crippen LogP contribution in [-0.4, -0.2) is 37.8 Å². The van der Waals surface area contributed by atoms with Crippen molar-refractivity contribution in [2.45, 2.75) is 58.2 Å². The Morgan fingerprint density at radius 1 is 1.30 bits per heavy atom. The van der Waals surface area contributed by atoms with Gasteiger partial charge in [-0.1, -0.05) is 37.3 Å². The summed E-state index contributed by atoms with van der Waals surface area (Å²) in [6.07, 6.45) is 0.807. The molecule has 1 heterocycles. The molecule has 1 aromatic rings. The second-order valence-corrected chi connectivity index (χ2v) is 7.14. The van der Waals surface area contributed by atoms with Crippen molar-refractivity contribution in [1.82, 2.24) is 0 Å². The van der Waals surface area contributed by atoms with Crippen molar-refractivity contribution in [3.63, 3.8) is 0 Å². The molecule has 1 aliphatic heterocycles. The van der Waals surface area contributed by atoms with E-state index < -0.39 is 5.79 Å². The first kappa shape index (κ1) is 18.4. The molecule has 0 aromatic heterocycles. The van der Waals surface area contributed by atoms with Crippen LogP contribution in [0.1, 0.15) is 39.7 Å². The summed E-state index contributed by atoms with van der Waals surface area (Å²) in [7, 11) is 1.74. The lowest BCUT2D eigenvalue weighted by Crippen LogP contribution is -2.45. The van der Waals surface area contributed by atoms with Crippen LogP contribution in [0.15, 0.2) is 30.3 Å². The molecule has 0 bridgehead atoms. The number of benzene rings is 1. The van der Waals surface area contributed by atoms with E-state index in [9.17, 15) is 0 Å². The average molecular weight is 322 g/mol. The lowest BCUT2D eigenvalue weighted by atomic mass is 9.88. The van der Waals surface area contributed by atoms with Crippen molar-refractivity contribution in [2.24, 2.45) is 5.92 Å². The number of rotatable bonds is 8. The van der Waals surface area contributed by atoms with Gasteiger partial charge >= 0.3 is 0 Å². The predicted molar refractivity (Wildman–Crippen MR) is 90.2 cm³/mol. The minimum atomic E-state index is -0.530. The van der Waals surface area contributed by atoms with E-state index in [-0.39, 0.29) is 11.7 Å². The number of ether oxygens (including phenoxy) is 4. The molecule has 1 saturated heterocycles. The molecule has 3 atom stereocenters. The monoisotopic (exact) mass is 322 g/mol.